The third-order valence-corrected chi connectivity index (χ3v) is 5.65. The van der Waals surface area contributed by atoms with Crippen molar-refractivity contribution in [1.29, 1.82) is 0 Å². The van der Waals surface area contributed by atoms with E-state index in [1.54, 1.807) is 6.26 Å². The summed E-state index contributed by atoms with van der Waals surface area (Å²) in [5.41, 5.74) is 7.27. The van der Waals surface area contributed by atoms with Gasteiger partial charge in [0.1, 0.15) is 5.76 Å². The minimum Gasteiger partial charge on any atom is -0.469 e. The Labute approximate surface area is 181 Å². The summed E-state index contributed by atoms with van der Waals surface area (Å²) in [6.07, 6.45) is 1.59. The SMILES string of the molecule is Cc1occc1-c1nnc(SCc2ccc(C(N)=O)cc2[N+](=O)[O-])n1-c1ccccc1. The number of thioether (sulfide) groups is 1. The van der Waals surface area contributed by atoms with Crippen LogP contribution in [0.3, 0.4) is 0 Å². The number of nitrogens with zero attached hydrogens (tertiary/aromatic N) is 4. The van der Waals surface area contributed by atoms with E-state index in [-0.39, 0.29) is 17.0 Å². The fourth-order valence-electron chi connectivity index (χ4n) is 3.12. The average Bonchev–Trinajstić information content (AvgIpc) is 3.38. The van der Waals surface area contributed by atoms with Crippen LogP contribution in [0.25, 0.3) is 17.1 Å². The lowest BCUT2D eigenvalue weighted by atomic mass is 10.1. The van der Waals surface area contributed by atoms with Crippen molar-refractivity contribution < 1.29 is 14.1 Å². The lowest BCUT2D eigenvalue weighted by molar-refractivity contribution is -0.385. The summed E-state index contributed by atoms with van der Waals surface area (Å²) in [5, 5.41) is 20.7. The summed E-state index contributed by atoms with van der Waals surface area (Å²) in [6, 6.07) is 15.6. The Bertz CT molecular complexity index is 1270. The maximum absolute atomic E-state index is 11.5. The number of hydrogen-bond donors (Lipinski definition) is 1. The van der Waals surface area contributed by atoms with Gasteiger partial charge < -0.3 is 10.2 Å². The van der Waals surface area contributed by atoms with Crippen molar-refractivity contribution in [2.75, 3.05) is 0 Å². The minimum absolute atomic E-state index is 0.0885. The number of para-hydroxylation sites is 1. The highest BCUT2D eigenvalue weighted by atomic mass is 32.2. The predicted octanol–water partition coefficient (Wildman–Crippen LogP) is 4.14. The number of carbonyl (C=O) groups is 1. The first kappa shape index (κ1) is 20.4. The molecule has 0 saturated heterocycles. The van der Waals surface area contributed by atoms with Gasteiger partial charge in [0.05, 0.1) is 16.7 Å². The first-order valence-corrected chi connectivity index (χ1v) is 10.2. The number of aryl methyl sites for hydroxylation is 1. The molecule has 9 nitrogen and oxygen atoms in total. The predicted molar refractivity (Wildman–Crippen MR) is 115 cm³/mol. The van der Waals surface area contributed by atoms with E-state index in [2.05, 4.69) is 10.2 Å². The topological polar surface area (TPSA) is 130 Å². The van der Waals surface area contributed by atoms with Gasteiger partial charge in [-0.25, -0.2) is 0 Å². The van der Waals surface area contributed by atoms with Crippen LogP contribution >= 0.6 is 11.8 Å². The van der Waals surface area contributed by atoms with Gasteiger partial charge in [0.2, 0.25) is 5.91 Å². The molecule has 0 bridgehead atoms. The summed E-state index contributed by atoms with van der Waals surface area (Å²) in [7, 11) is 0. The van der Waals surface area contributed by atoms with Crippen molar-refractivity contribution >= 4 is 23.4 Å². The number of carbonyl (C=O) groups excluding carboxylic acids is 1. The zero-order chi connectivity index (χ0) is 22.0. The third-order valence-electron chi connectivity index (χ3n) is 4.67. The molecule has 10 heteroatoms. The first-order chi connectivity index (χ1) is 15.0. The fourth-order valence-corrected chi connectivity index (χ4v) is 4.06. The van der Waals surface area contributed by atoms with Gasteiger partial charge in [-0.15, -0.1) is 10.2 Å². The quantitative estimate of drug-likeness (QED) is 0.262. The molecule has 2 aromatic heterocycles. The van der Waals surface area contributed by atoms with Crippen molar-refractivity contribution in [2.45, 2.75) is 17.8 Å². The maximum Gasteiger partial charge on any atom is 0.274 e. The molecular weight excluding hydrogens is 418 g/mol. The van der Waals surface area contributed by atoms with Gasteiger partial charge in [-0.1, -0.05) is 36.0 Å². The number of nitrogens with two attached hydrogens (primary N) is 1. The van der Waals surface area contributed by atoms with E-state index in [0.717, 1.165) is 11.3 Å². The second-order valence-corrected chi connectivity index (χ2v) is 7.56. The zero-order valence-electron chi connectivity index (χ0n) is 16.4. The number of hydrogen-bond acceptors (Lipinski definition) is 7. The van der Waals surface area contributed by atoms with Crippen LogP contribution in [0.1, 0.15) is 21.7 Å². The van der Waals surface area contributed by atoms with E-state index in [1.165, 1.54) is 30.0 Å². The number of amides is 1. The van der Waals surface area contributed by atoms with Crippen LogP contribution in [0.5, 0.6) is 0 Å². The normalized spacial score (nSPS) is 10.9. The molecule has 0 aliphatic heterocycles. The molecule has 1 amide bonds. The van der Waals surface area contributed by atoms with Gasteiger partial charge >= 0.3 is 0 Å². The van der Waals surface area contributed by atoms with Crippen LogP contribution in [-0.4, -0.2) is 25.6 Å². The molecule has 4 rings (SSSR count). The average molecular weight is 435 g/mol. The van der Waals surface area contributed by atoms with Gasteiger partial charge in [-0.3, -0.25) is 19.5 Å². The molecule has 0 fully saturated rings. The van der Waals surface area contributed by atoms with Crippen molar-refractivity contribution in [3.63, 3.8) is 0 Å². The molecule has 0 atom stereocenters. The molecule has 0 radical (unpaired) electrons. The summed E-state index contributed by atoms with van der Waals surface area (Å²) in [5.74, 6) is 0.855. The smallest absolute Gasteiger partial charge is 0.274 e. The standard InChI is InChI=1S/C21H17N5O4S/c1-13-17(9-10-30-13)20-23-24-21(25(20)16-5-3-2-4-6-16)31-12-15-8-7-14(19(22)27)11-18(15)26(28)29/h2-11H,12H2,1H3,(H2,22,27). The highest BCUT2D eigenvalue weighted by Gasteiger charge is 2.21. The van der Waals surface area contributed by atoms with Crippen molar-refractivity contribution in [1.82, 2.24) is 14.8 Å². The van der Waals surface area contributed by atoms with Gasteiger partial charge in [0, 0.05) is 28.6 Å². The van der Waals surface area contributed by atoms with Crippen LogP contribution in [-0.2, 0) is 5.75 Å². The van der Waals surface area contributed by atoms with E-state index in [0.29, 0.717) is 22.3 Å². The fraction of sp³-hybridized carbons (Fsp3) is 0.0952. The van der Waals surface area contributed by atoms with Crippen molar-refractivity contribution in [2.24, 2.45) is 5.73 Å². The highest BCUT2D eigenvalue weighted by molar-refractivity contribution is 7.98. The Morgan fingerprint density at radius 2 is 1.97 bits per heavy atom. The summed E-state index contributed by atoms with van der Waals surface area (Å²) < 4.78 is 7.30. The molecule has 156 valence electrons. The molecular formula is C21H17N5O4S. The van der Waals surface area contributed by atoms with Crippen molar-refractivity contribution in [3.05, 3.63) is 87.9 Å². The molecule has 0 aliphatic carbocycles. The van der Waals surface area contributed by atoms with Gasteiger partial charge in [0.25, 0.3) is 5.69 Å². The third kappa shape index (κ3) is 4.05. The number of rotatable bonds is 7. The molecule has 2 aromatic carbocycles. The summed E-state index contributed by atoms with van der Waals surface area (Å²) >= 11 is 1.30. The number of nitro groups is 1. The largest absolute Gasteiger partial charge is 0.469 e. The van der Waals surface area contributed by atoms with Gasteiger partial charge in [-0.2, -0.15) is 0 Å². The second kappa shape index (κ2) is 8.44. The molecule has 0 unspecified atom stereocenters. The Morgan fingerprint density at radius 3 is 2.61 bits per heavy atom. The molecule has 31 heavy (non-hydrogen) atoms. The highest BCUT2D eigenvalue weighted by Crippen LogP contribution is 2.33. The van der Waals surface area contributed by atoms with E-state index in [9.17, 15) is 14.9 Å². The lowest BCUT2D eigenvalue weighted by Gasteiger charge is -2.10. The van der Waals surface area contributed by atoms with Crippen molar-refractivity contribution in [3.8, 4) is 17.1 Å². The number of aromatic nitrogens is 3. The molecule has 2 N–H and O–H groups in total. The number of primary amides is 1. The van der Waals surface area contributed by atoms with Crippen LogP contribution in [0.4, 0.5) is 5.69 Å². The number of furan rings is 1. The van der Waals surface area contributed by atoms with Gasteiger partial charge in [-0.05, 0) is 31.2 Å². The van der Waals surface area contributed by atoms with E-state index >= 15 is 0 Å². The minimum atomic E-state index is -0.716. The molecule has 0 saturated carbocycles. The molecule has 4 aromatic rings. The van der Waals surface area contributed by atoms with E-state index < -0.39 is 10.8 Å². The Morgan fingerprint density at radius 1 is 1.19 bits per heavy atom. The van der Waals surface area contributed by atoms with Gasteiger partial charge in [0.15, 0.2) is 11.0 Å². The molecule has 0 aliphatic rings. The molecule has 2 heterocycles. The Hall–Kier alpha value is -3.92. The zero-order valence-corrected chi connectivity index (χ0v) is 17.2. The van der Waals surface area contributed by atoms with Crippen LogP contribution in [0.15, 0.2) is 70.4 Å². The summed E-state index contributed by atoms with van der Waals surface area (Å²) in [4.78, 5) is 22.3. The monoisotopic (exact) mass is 435 g/mol. The van der Waals surface area contributed by atoms with E-state index in [1.807, 2.05) is 47.9 Å². The van der Waals surface area contributed by atoms with Crippen LogP contribution in [0, 0.1) is 17.0 Å². The summed E-state index contributed by atoms with van der Waals surface area (Å²) in [6.45, 7) is 1.84. The van der Waals surface area contributed by atoms with Crippen LogP contribution in [0.2, 0.25) is 0 Å². The second-order valence-electron chi connectivity index (χ2n) is 6.62. The number of nitro benzene ring substituents is 1. The number of benzene rings is 2. The molecule has 0 spiro atoms. The van der Waals surface area contributed by atoms with Crippen LogP contribution < -0.4 is 5.73 Å². The van der Waals surface area contributed by atoms with E-state index in [4.69, 9.17) is 10.2 Å². The first-order valence-electron chi connectivity index (χ1n) is 9.21. The lowest BCUT2D eigenvalue weighted by Crippen LogP contribution is -2.11. The Balaban J connectivity index is 1.72. The Kier molecular flexibility index (Phi) is 5.54. The maximum atomic E-state index is 11.5.